The molecule has 0 spiro atoms. The van der Waals surface area contributed by atoms with Crippen LogP contribution >= 0.6 is 23.2 Å². The fourth-order valence-electron chi connectivity index (χ4n) is 2.20. The summed E-state index contributed by atoms with van der Waals surface area (Å²) in [5.74, 6) is -1.25. The molecule has 4 nitrogen and oxygen atoms in total. The Morgan fingerprint density at radius 3 is 2.80 bits per heavy atom. The van der Waals surface area contributed by atoms with E-state index >= 15 is 0 Å². The number of rotatable bonds is 3. The Balaban J connectivity index is 2.15. The normalized spacial score (nSPS) is 19.1. The third kappa shape index (κ3) is 3.25. The van der Waals surface area contributed by atoms with Gasteiger partial charge in [0.1, 0.15) is 5.92 Å². The monoisotopic (exact) mass is 315 g/mol. The van der Waals surface area contributed by atoms with Gasteiger partial charge >= 0.3 is 5.97 Å². The van der Waals surface area contributed by atoms with Crippen molar-refractivity contribution in [2.45, 2.75) is 13.3 Å². The zero-order valence-electron chi connectivity index (χ0n) is 11.1. The maximum absolute atomic E-state index is 11.8. The number of carbonyl (C=O) groups excluding carboxylic acids is 2. The number of halogens is 2. The molecule has 0 amide bonds. The van der Waals surface area contributed by atoms with E-state index in [2.05, 4.69) is 0 Å². The van der Waals surface area contributed by atoms with Gasteiger partial charge < -0.3 is 9.64 Å². The highest BCUT2D eigenvalue weighted by atomic mass is 35.5. The van der Waals surface area contributed by atoms with Gasteiger partial charge in [-0.25, -0.2) is 0 Å². The summed E-state index contributed by atoms with van der Waals surface area (Å²) in [4.78, 5) is 25.6. The van der Waals surface area contributed by atoms with Gasteiger partial charge in [-0.15, -0.1) is 0 Å². The average Bonchev–Trinajstić information content (AvgIpc) is 2.42. The summed E-state index contributed by atoms with van der Waals surface area (Å²) in [5, 5.41) is 0.930. The number of esters is 1. The standard InChI is InChI=1S/C14H15Cl2NO3/c1-2-20-14(19)10-8-17(6-5-13(10)18)9-3-4-11(15)12(16)7-9/h3-4,7,10H,2,5-6,8H2,1H3. The summed E-state index contributed by atoms with van der Waals surface area (Å²) in [6, 6.07) is 5.27. The van der Waals surface area contributed by atoms with Crippen LogP contribution in [0.2, 0.25) is 10.0 Å². The van der Waals surface area contributed by atoms with Gasteiger partial charge in [-0.2, -0.15) is 0 Å². The predicted octanol–water partition coefficient (Wildman–Crippen LogP) is 2.95. The molecule has 0 N–H and O–H groups in total. The molecule has 1 saturated heterocycles. The molecule has 1 heterocycles. The van der Waals surface area contributed by atoms with Crippen molar-refractivity contribution in [3.63, 3.8) is 0 Å². The third-order valence-electron chi connectivity index (χ3n) is 3.26. The quantitative estimate of drug-likeness (QED) is 0.635. The van der Waals surface area contributed by atoms with Gasteiger partial charge in [-0.1, -0.05) is 23.2 Å². The Bertz CT molecular complexity index is 533. The van der Waals surface area contributed by atoms with Crippen LogP contribution in [0.25, 0.3) is 0 Å². The van der Waals surface area contributed by atoms with Crippen LogP contribution in [0.15, 0.2) is 18.2 Å². The molecular formula is C14H15Cl2NO3. The Kier molecular flexibility index (Phi) is 4.89. The first-order valence-corrected chi connectivity index (χ1v) is 7.18. The number of benzene rings is 1. The van der Waals surface area contributed by atoms with E-state index in [1.165, 1.54) is 0 Å². The van der Waals surface area contributed by atoms with Crippen LogP contribution in [-0.2, 0) is 14.3 Å². The highest BCUT2D eigenvalue weighted by Crippen LogP contribution is 2.29. The molecule has 1 aliphatic heterocycles. The van der Waals surface area contributed by atoms with Crippen molar-refractivity contribution in [3.8, 4) is 0 Å². The van der Waals surface area contributed by atoms with E-state index < -0.39 is 11.9 Å². The van der Waals surface area contributed by atoms with Crippen molar-refractivity contribution in [2.75, 3.05) is 24.6 Å². The number of anilines is 1. The van der Waals surface area contributed by atoms with E-state index in [-0.39, 0.29) is 12.4 Å². The molecule has 1 fully saturated rings. The lowest BCUT2D eigenvalue weighted by Crippen LogP contribution is -2.45. The van der Waals surface area contributed by atoms with Crippen molar-refractivity contribution >= 4 is 40.6 Å². The van der Waals surface area contributed by atoms with Crippen molar-refractivity contribution in [1.82, 2.24) is 0 Å². The van der Waals surface area contributed by atoms with Crippen molar-refractivity contribution in [3.05, 3.63) is 28.2 Å². The van der Waals surface area contributed by atoms with E-state index in [9.17, 15) is 9.59 Å². The van der Waals surface area contributed by atoms with E-state index in [0.29, 0.717) is 29.6 Å². The molecule has 1 aromatic carbocycles. The van der Waals surface area contributed by atoms with Gasteiger partial charge in [0.2, 0.25) is 0 Å². The molecule has 1 unspecified atom stereocenters. The second-order valence-corrected chi connectivity index (χ2v) is 5.38. The summed E-state index contributed by atoms with van der Waals surface area (Å²) in [6.45, 7) is 2.87. The number of hydrogen-bond donors (Lipinski definition) is 0. The van der Waals surface area contributed by atoms with Crippen LogP contribution < -0.4 is 4.90 Å². The van der Waals surface area contributed by atoms with Crippen LogP contribution in [0.3, 0.4) is 0 Å². The van der Waals surface area contributed by atoms with Crippen molar-refractivity contribution in [1.29, 1.82) is 0 Å². The number of ether oxygens (including phenoxy) is 1. The molecule has 1 atom stereocenters. The number of nitrogens with zero attached hydrogens (tertiary/aromatic N) is 1. The lowest BCUT2D eigenvalue weighted by molar-refractivity contribution is -0.151. The first-order valence-electron chi connectivity index (χ1n) is 6.42. The maximum atomic E-state index is 11.8. The molecule has 6 heteroatoms. The second kappa shape index (κ2) is 6.46. The van der Waals surface area contributed by atoms with E-state index in [1.807, 2.05) is 11.0 Å². The molecule has 0 saturated carbocycles. The van der Waals surface area contributed by atoms with Gasteiger partial charge in [0, 0.05) is 25.2 Å². The van der Waals surface area contributed by atoms with Crippen molar-refractivity contribution in [2.24, 2.45) is 5.92 Å². The lowest BCUT2D eigenvalue weighted by Gasteiger charge is -2.32. The maximum Gasteiger partial charge on any atom is 0.318 e. The van der Waals surface area contributed by atoms with Crippen LogP contribution in [0, 0.1) is 5.92 Å². The van der Waals surface area contributed by atoms with Gasteiger partial charge in [0.25, 0.3) is 0 Å². The molecule has 1 aromatic rings. The minimum absolute atomic E-state index is 0.0697. The number of ketones is 1. The molecule has 0 aromatic heterocycles. The summed E-state index contributed by atoms with van der Waals surface area (Å²) < 4.78 is 4.95. The molecule has 0 radical (unpaired) electrons. The van der Waals surface area contributed by atoms with E-state index in [4.69, 9.17) is 27.9 Å². The average molecular weight is 316 g/mol. The molecule has 0 bridgehead atoms. The Morgan fingerprint density at radius 1 is 1.40 bits per heavy atom. The Morgan fingerprint density at radius 2 is 2.15 bits per heavy atom. The van der Waals surface area contributed by atoms with Gasteiger partial charge in [0.05, 0.1) is 16.7 Å². The first kappa shape index (κ1) is 15.1. The summed E-state index contributed by atoms with van der Waals surface area (Å²) in [7, 11) is 0. The molecule has 2 rings (SSSR count). The molecule has 20 heavy (non-hydrogen) atoms. The molecule has 1 aliphatic rings. The number of carbonyl (C=O) groups is 2. The highest BCUT2D eigenvalue weighted by Gasteiger charge is 2.34. The van der Waals surface area contributed by atoms with Crippen LogP contribution in [0.4, 0.5) is 5.69 Å². The van der Waals surface area contributed by atoms with Crippen LogP contribution in [0.5, 0.6) is 0 Å². The second-order valence-electron chi connectivity index (χ2n) is 4.57. The summed E-state index contributed by atoms with van der Waals surface area (Å²) >= 11 is 11.9. The Labute approximate surface area is 127 Å². The highest BCUT2D eigenvalue weighted by molar-refractivity contribution is 6.42. The third-order valence-corrected chi connectivity index (χ3v) is 4.00. The van der Waals surface area contributed by atoms with E-state index in [0.717, 1.165) is 5.69 Å². The predicted molar refractivity (Wildman–Crippen MR) is 78.4 cm³/mol. The SMILES string of the molecule is CCOC(=O)C1CN(c2ccc(Cl)c(Cl)c2)CCC1=O. The summed E-state index contributed by atoms with van der Waals surface area (Å²) in [6.07, 6.45) is 0.323. The fourth-order valence-corrected chi connectivity index (χ4v) is 2.49. The molecule has 108 valence electrons. The van der Waals surface area contributed by atoms with Gasteiger partial charge in [-0.3, -0.25) is 9.59 Å². The zero-order valence-corrected chi connectivity index (χ0v) is 12.6. The minimum atomic E-state index is -0.724. The number of hydrogen-bond acceptors (Lipinski definition) is 4. The van der Waals surface area contributed by atoms with E-state index in [1.54, 1.807) is 19.1 Å². The fraction of sp³-hybridized carbons (Fsp3) is 0.429. The topological polar surface area (TPSA) is 46.6 Å². The summed E-state index contributed by atoms with van der Waals surface area (Å²) in [5.41, 5.74) is 0.848. The largest absolute Gasteiger partial charge is 0.465 e. The van der Waals surface area contributed by atoms with Gasteiger partial charge in [0.15, 0.2) is 5.78 Å². The zero-order chi connectivity index (χ0) is 14.7. The minimum Gasteiger partial charge on any atom is -0.465 e. The first-order chi connectivity index (χ1) is 9.52. The smallest absolute Gasteiger partial charge is 0.318 e. The number of piperidine rings is 1. The van der Waals surface area contributed by atoms with Crippen molar-refractivity contribution < 1.29 is 14.3 Å². The van der Waals surface area contributed by atoms with Crippen LogP contribution in [0.1, 0.15) is 13.3 Å². The van der Waals surface area contributed by atoms with Crippen LogP contribution in [-0.4, -0.2) is 31.4 Å². The lowest BCUT2D eigenvalue weighted by atomic mass is 9.96. The number of Topliss-reactive ketones (excluding diaryl/α,β-unsaturated/α-hetero) is 1. The van der Waals surface area contributed by atoms with Gasteiger partial charge in [-0.05, 0) is 25.1 Å². The molecule has 0 aliphatic carbocycles. The molecular weight excluding hydrogens is 301 g/mol. The Hall–Kier alpha value is -1.26.